The van der Waals surface area contributed by atoms with E-state index in [0.29, 0.717) is 0 Å². The zero-order chi connectivity index (χ0) is 16.9. The second-order valence-electron chi connectivity index (χ2n) is 7.27. The highest BCUT2D eigenvalue weighted by atomic mass is 16.2. The lowest BCUT2D eigenvalue weighted by Crippen LogP contribution is -2.25. The van der Waals surface area contributed by atoms with Crippen molar-refractivity contribution in [3.05, 3.63) is 46.8 Å². The first-order valence-electron chi connectivity index (χ1n) is 9.00. The van der Waals surface area contributed by atoms with Crippen LogP contribution in [0.25, 0.3) is 0 Å². The standard InChI is InChI=1S/C20H25N3O/c1-4-23-14(3)18(13(2)22-23)21-19(24)17-12-20(17)11-7-9-15-8-5-6-10-16(15)20/h5-6,8,10,17H,4,7,9,11-12H2,1-3H3,(H,21,24)/t17-,20+/m1/s1. The topological polar surface area (TPSA) is 46.9 Å². The Bertz CT molecular complexity index is 807. The van der Waals surface area contributed by atoms with Gasteiger partial charge in [0.2, 0.25) is 5.91 Å². The van der Waals surface area contributed by atoms with Crippen molar-refractivity contribution < 1.29 is 4.79 Å². The number of benzene rings is 1. The molecule has 0 radical (unpaired) electrons. The van der Waals surface area contributed by atoms with Crippen molar-refractivity contribution in [2.75, 3.05) is 5.32 Å². The molecule has 1 fully saturated rings. The normalized spacial score (nSPS) is 24.7. The average Bonchev–Trinajstić information content (AvgIpc) is 3.24. The maximum Gasteiger partial charge on any atom is 0.228 e. The molecule has 1 saturated carbocycles. The minimum Gasteiger partial charge on any atom is -0.323 e. The SMILES string of the molecule is CCn1nc(C)c(NC(=O)[C@H]2C[C@]23CCCc2ccccc23)c1C. The molecule has 1 aromatic carbocycles. The van der Waals surface area contributed by atoms with Gasteiger partial charge in [-0.25, -0.2) is 0 Å². The van der Waals surface area contributed by atoms with Crippen LogP contribution in [0.2, 0.25) is 0 Å². The smallest absolute Gasteiger partial charge is 0.228 e. The Hall–Kier alpha value is -2.10. The van der Waals surface area contributed by atoms with E-state index in [4.69, 9.17) is 0 Å². The van der Waals surface area contributed by atoms with Crippen molar-refractivity contribution in [3.8, 4) is 0 Å². The molecule has 1 heterocycles. The van der Waals surface area contributed by atoms with Crippen LogP contribution in [0.1, 0.15) is 48.7 Å². The molecule has 0 saturated heterocycles. The summed E-state index contributed by atoms with van der Waals surface area (Å²) >= 11 is 0. The van der Waals surface area contributed by atoms with Crippen LogP contribution >= 0.6 is 0 Å². The van der Waals surface area contributed by atoms with E-state index in [1.54, 1.807) is 0 Å². The molecule has 1 amide bonds. The Balaban J connectivity index is 1.58. The van der Waals surface area contributed by atoms with Crippen molar-refractivity contribution in [2.45, 2.75) is 58.4 Å². The van der Waals surface area contributed by atoms with Gasteiger partial charge in [0.05, 0.1) is 17.1 Å². The summed E-state index contributed by atoms with van der Waals surface area (Å²) in [5.41, 5.74) is 5.78. The summed E-state index contributed by atoms with van der Waals surface area (Å²) in [5, 5.41) is 7.68. The number of aryl methyl sites for hydroxylation is 3. The van der Waals surface area contributed by atoms with E-state index in [0.717, 1.165) is 42.9 Å². The Morgan fingerprint density at radius 2 is 2.17 bits per heavy atom. The van der Waals surface area contributed by atoms with Crippen LogP contribution in [-0.2, 0) is 23.2 Å². The van der Waals surface area contributed by atoms with Gasteiger partial charge < -0.3 is 5.32 Å². The predicted molar refractivity (Wildman–Crippen MR) is 95.2 cm³/mol. The largest absolute Gasteiger partial charge is 0.323 e. The number of carbonyl (C=O) groups is 1. The molecule has 1 spiro atoms. The van der Waals surface area contributed by atoms with Gasteiger partial charge in [-0.3, -0.25) is 9.48 Å². The quantitative estimate of drug-likeness (QED) is 0.935. The van der Waals surface area contributed by atoms with Crippen molar-refractivity contribution >= 4 is 11.6 Å². The summed E-state index contributed by atoms with van der Waals surface area (Å²) in [4.78, 5) is 12.9. The molecule has 2 aromatic rings. The molecule has 24 heavy (non-hydrogen) atoms. The van der Waals surface area contributed by atoms with Gasteiger partial charge in [-0.15, -0.1) is 0 Å². The summed E-state index contributed by atoms with van der Waals surface area (Å²) in [6, 6.07) is 8.68. The third-order valence-electron chi connectivity index (χ3n) is 5.94. The molecule has 4 nitrogen and oxygen atoms in total. The Morgan fingerprint density at radius 3 is 2.92 bits per heavy atom. The van der Waals surface area contributed by atoms with Crippen molar-refractivity contribution in [1.29, 1.82) is 0 Å². The zero-order valence-corrected chi connectivity index (χ0v) is 14.7. The van der Waals surface area contributed by atoms with Crippen LogP contribution in [0.5, 0.6) is 0 Å². The zero-order valence-electron chi connectivity index (χ0n) is 14.7. The number of nitrogens with zero attached hydrogens (tertiary/aromatic N) is 2. The molecule has 1 aromatic heterocycles. The average molecular weight is 323 g/mol. The molecular weight excluding hydrogens is 298 g/mol. The van der Waals surface area contributed by atoms with Gasteiger partial charge >= 0.3 is 0 Å². The fourth-order valence-electron chi connectivity index (χ4n) is 4.57. The molecule has 2 aliphatic carbocycles. The fraction of sp³-hybridized carbons (Fsp3) is 0.500. The lowest BCUT2D eigenvalue weighted by atomic mass is 9.78. The summed E-state index contributed by atoms with van der Waals surface area (Å²) in [6.45, 7) is 6.88. The first kappa shape index (κ1) is 15.4. The first-order chi connectivity index (χ1) is 11.6. The number of fused-ring (bicyclic) bond motifs is 2. The highest BCUT2D eigenvalue weighted by Crippen LogP contribution is 2.60. The number of anilines is 1. The number of aromatic nitrogens is 2. The van der Waals surface area contributed by atoms with E-state index in [-0.39, 0.29) is 17.2 Å². The van der Waals surface area contributed by atoms with Gasteiger partial charge in [-0.05, 0) is 57.6 Å². The van der Waals surface area contributed by atoms with Gasteiger partial charge in [-0.2, -0.15) is 5.10 Å². The molecule has 1 N–H and O–H groups in total. The van der Waals surface area contributed by atoms with E-state index in [2.05, 4.69) is 41.6 Å². The highest BCUT2D eigenvalue weighted by Gasteiger charge is 2.60. The molecule has 2 atom stereocenters. The number of nitrogens with one attached hydrogen (secondary N) is 1. The Morgan fingerprint density at radius 1 is 1.38 bits per heavy atom. The minimum absolute atomic E-state index is 0.0848. The second-order valence-corrected chi connectivity index (χ2v) is 7.27. The van der Waals surface area contributed by atoms with Crippen LogP contribution in [-0.4, -0.2) is 15.7 Å². The van der Waals surface area contributed by atoms with Crippen molar-refractivity contribution in [1.82, 2.24) is 9.78 Å². The maximum atomic E-state index is 12.9. The summed E-state index contributed by atoms with van der Waals surface area (Å²) in [5.74, 6) is 0.260. The molecule has 4 heteroatoms. The monoisotopic (exact) mass is 323 g/mol. The minimum atomic E-state index is 0.0848. The van der Waals surface area contributed by atoms with Gasteiger partial charge in [0.15, 0.2) is 0 Å². The summed E-state index contributed by atoms with van der Waals surface area (Å²) < 4.78 is 1.95. The summed E-state index contributed by atoms with van der Waals surface area (Å²) in [6.07, 6.45) is 4.45. The second kappa shape index (κ2) is 5.47. The molecule has 0 bridgehead atoms. The number of hydrogen-bond donors (Lipinski definition) is 1. The number of amides is 1. The molecule has 0 unspecified atom stereocenters. The van der Waals surface area contributed by atoms with Gasteiger partial charge in [-0.1, -0.05) is 24.3 Å². The van der Waals surface area contributed by atoms with Gasteiger partial charge in [0.1, 0.15) is 0 Å². The van der Waals surface area contributed by atoms with Gasteiger partial charge in [0, 0.05) is 17.9 Å². The van der Waals surface area contributed by atoms with Crippen LogP contribution in [0.15, 0.2) is 24.3 Å². The Kier molecular flexibility index (Phi) is 3.52. The highest BCUT2D eigenvalue weighted by molar-refractivity contribution is 5.97. The number of rotatable bonds is 3. The lowest BCUT2D eigenvalue weighted by molar-refractivity contribution is -0.117. The van der Waals surface area contributed by atoms with Gasteiger partial charge in [0.25, 0.3) is 0 Å². The van der Waals surface area contributed by atoms with Crippen molar-refractivity contribution in [2.24, 2.45) is 5.92 Å². The van der Waals surface area contributed by atoms with E-state index in [1.165, 1.54) is 17.5 Å². The van der Waals surface area contributed by atoms with Crippen LogP contribution in [0.3, 0.4) is 0 Å². The van der Waals surface area contributed by atoms with Crippen molar-refractivity contribution in [3.63, 3.8) is 0 Å². The summed E-state index contributed by atoms with van der Waals surface area (Å²) in [7, 11) is 0. The molecule has 2 aliphatic rings. The third kappa shape index (κ3) is 2.20. The third-order valence-corrected chi connectivity index (χ3v) is 5.94. The molecule has 0 aliphatic heterocycles. The molecule has 126 valence electrons. The van der Waals surface area contributed by atoms with Crippen LogP contribution in [0, 0.1) is 19.8 Å². The first-order valence-corrected chi connectivity index (χ1v) is 9.00. The predicted octanol–water partition coefficient (Wildman–Crippen LogP) is 3.75. The van der Waals surface area contributed by atoms with E-state index in [9.17, 15) is 4.79 Å². The van der Waals surface area contributed by atoms with E-state index < -0.39 is 0 Å². The van der Waals surface area contributed by atoms with Crippen LogP contribution < -0.4 is 5.32 Å². The maximum absolute atomic E-state index is 12.9. The number of hydrogen-bond acceptors (Lipinski definition) is 2. The van der Waals surface area contributed by atoms with Crippen LogP contribution in [0.4, 0.5) is 5.69 Å². The van der Waals surface area contributed by atoms with E-state index >= 15 is 0 Å². The lowest BCUT2D eigenvalue weighted by Gasteiger charge is -2.26. The Labute approximate surface area is 143 Å². The van der Waals surface area contributed by atoms with E-state index in [1.807, 2.05) is 18.5 Å². The molecular formula is C20H25N3O. The number of carbonyl (C=O) groups excluding carboxylic acids is 1. The molecule has 4 rings (SSSR count). The fourth-order valence-corrected chi connectivity index (χ4v) is 4.57.